The van der Waals surface area contributed by atoms with E-state index in [4.69, 9.17) is 9.47 Å². The van der Waals surface area contributed by atoms with Crippen LogP contribution in [0.1, 0.15) is 46.5 Å². The molecule has 156 valence electrons. The first-order valence-corrected chi connectivity index (χ1v) is 10.7. The molecule has 7 nitrogen and oxygen atoms in total. The summed E-state index contributed by atoms with van der Waals surface area (Å²) in [4.78, 5) is 13.9. The van der Waals surface area contributed by atoms with Gasteiger partial charge in [0.25, 0.3) is 0 Å². The van der Waals surface area contributed by atoms with Crippen molar-refractivity contribution in [3.05, 3.63) is 0 Å². The maximum absolute atomic E-state index is 13.9. The highest BCUT2D eigenvalue weighted by Crippen LogP contribution is 2.78. The summed E-state index contributed by atoms with van der Waals surface area (Å²) in [5.41, 5.74) is -3.94. The third kappa shape index (κ3) is 1.42. The molecule has 3 heterocycles. The molecule has 0 aromatic rings. The molecule has 7 heteroatoms. The number of carbonyl (C=O) groups is 1. The number of epoxide rings is 1. The number of hydrogen-bond acceptors (Lipinski definition) is 7. The summed E-state index contributed by atoms with van der Waals surface area (Å²) < 4.78 is 11.7. The summed E-state index contributed by atoms with van der Waals surface area (Å²) in [5, 5.41) is 45.9. The number of aliphatic hydroxyl groups is 4. The van der Waals surface area contributed by atoms with E-state index in [9.17, 15) is 25.2 Å². The SMILES string of the molecule is C[C@@H]1O[C@]12C(=O)[C@@]13C(CC[C@H]2[C@H]1O)[C@@]12CO[C@@]3(O)[C@@H](O)C1C(C)(C)CC[C@@H]2O. The maximum atomic E-state index is 13.9. The van der Waals surface area contributed by atoms with Crippen molar-refractivity contribution >= 4 is 5.78 Å². The number of fused-ring (bicyclic) bond motifs is 3. The molecule has 7 aliphatic rings. The quantitative estimate of drug-likeness (QED) is 0.426. The monoisotopic (exact) mass is 394 g/mol. The van der Waals surface area contributed by atoms with Gasteiger partial charge in [0, 0.05) is 17.3 Å². The zero-order valence-corrected chi connectivity index (χ0v) is 16.6. The minimum absolute atomic E-state index is 0.0936. The second kappa shape index (κ2) is 4.68. The molecule has 11 atom stereocenters. The fourth-order valence-corrected chi connectivity index (χ4v) is 8.93. The molecule has 3 aliphatic heterocycles. The molecular weight excluding hydrogens is 364 g/mol. The lowest BCUT2D eigenvalue weighted by Crippen LogP contribution is -2.85. The summed E-state index contributed by atoms with van der Waals surface area (Å²) in [7, 11) is 0. The average molecular weight is 394 g/mol. The second-order valence-electron chi connectivity index (χ2n) is 11.0. The summed E-state index contributed by atoms with van der Waals surface area (Å²) in [6, 6.07) is 0. The first kappa shape index (κ1) is 18.2. The Hall–Kier alpha value is -0.570. The number of Topliss-reactive ketones (excluding diaryl/α,β-unsaturated/α-hetero) is 1. The van der Waals surface area contributed by atoms with Crippen molar-refractivity contribution in [1.82, 2.24) is 0 Å². The van der Waals surface area contributed by atoms with E-state index in [1.807, 2.05) is 6.92 Å². The maximum Gasteiger partial charge on any atom is 0.208 e. The van der Waals surface area contributed by atoms with Gasteiger partial charge in [0.1, 0.15) is 11.5 Å². The van der Waals surface area contributed by atoms with Gasteiger partial charge in [-0.3, -0.25) is 4.79 Å². The number of ketones is 1. The summed E-state index contributed by atoms with van der Waals surface area (Å²) in [6.07, 6.45) is -1.10. The van der Waals surface area contributed by atoms with Gasteiger partial charge in [0.05, 0.1) is 24.9 Å². The van der Waals surface area contributed by atoms with E-state index < -0.39 is 58.3 Å². The van der Waals surface area contributed by atoms with Crippen LogP contribution < -0.4 is 0 Å². The van der Waals surface area contributed by atoms with Crippen LogP contribution in [0, 0.1) is 34.0 Å². The van der Waals surface area contributed by atoms with Crippen molar-refractivity contribution in [3.63, 3.8) is 0 Å². The average Bonchev–Trinajstić information content (AvgIpc) is 3.29. The van der Waals surface area contributed by atoms with Crippen molar-refractivity contribution in [2.75, 3.05) is 6.61 Å². The van der Waals surface area contributed by atoms with Gasteiger partial charge in [-0.05, 0) is 43.9 Å². The van der Waals surface area contributed by atoms with Crippen molar-refractivity contribution in [2.24, 2.45) is 34.0 Å². The van der Waals surface area contributed by atoms with Crippen molar-refractivity contribution in [3.8, 4) is 0 Å². The van der Waals surface area contributed by atoms with E-state index in [0.29, 0.717) is 19.3 Å². The molecule has 4 bridgehead atoms. The fourth-order valence-electron chi connectivity index (χ4n) is 8.93. The first-order chi connectivity index (χ1) is 13.0. The van der Waals surface area contributed by atoms with E-state index in [0.717, 1.165) is 6.42 Å². The zero-order chi connectivity index (χ0) is 20.1. The Morgan fingerprint density at radius 2 is 1.75 bits per heavy atom. The molecule has 28 heavy (non-hydrogen) atoms. The Labute approximate surface area is 164 Å². The highest BCUT2D eigenvalue weighted by molar-refractivity contribution is 6.01. The van der Waals surface area contributed by atoms with Crippen LogP contribution in [-0.4, -0.2) is 68.6 Å². The van der Waals surface area contributed by atoms with Gasteiger partial charge >= 0.3 is 0 Å². The molecular formula is C21H30O7. The van der Waals surface area contributed by atoms with Crippen LogP contribution in [0.4, 0.5) is 0 Å². The molecule has 0 aromatic carbocycles. The molecule has 3 saturated heterocycles. The standard InChI is InChI=1S/C21H30O7/c1-9-20(28-9)10-4-5-11-18-8-27-21(26,19(11,14(10)23)16(20)25)15(24)13(18)17(2,3)7-6-12(18)22/h9-15,22-24,26H,4-8H2,1-3H3/t9-,10-,11?,12-,13?,14+,15-,18+,19+,20+,21-/m0/s1. The number of hydrogen-bond donors (Lipinski definition) is 4. The van der Waals surface area contributed by atoms with Crippen LogP contribution in [0.5, 0.6) is 0 Å². The number of carbonyl (C=O) groups excluding carboxylic acids is 1. The van der Waals surface area contributed by atoms with Gasteiger partial charge < -0.3 is 29.9 Å². The summed E-state index contributed by atoms with van der Waals surface area (Å²) >= 11 is 0. The Morgan fingerprint density at radius 1 is 1.07 bits per heavy atom. The molecule has 7 fully saturated rings. The van der Waals surface area contributed by atoms with Crippen LogP contribution in [0.3, 0.4) is 0 Å². The number of ether oxygens (including phenoxy) is 2. The van der Waals surface area contributed by atoms with Crippen LogP contribution in [0.25, 0.3) is 0 Å². The molecule has 2 unspecified atom stereocenters. The lowest BCUT2D eigenvalue weighted by Gasteiger charge is -2.74. The largest absolute Gasteiger partial charge is 0.392 e. The van der Waals surface area contributed by atoms with Gasteiger partial charge in [-0.1, -0.05) is 13.8 Å². The van der Waals surface area contributed by atoms with E-state index in [1.54, 1.807) is 0 Å². The highest BCUT2D eigenvalue weighted by Gasteiger charge is 2.92. The minimum Gasteiger partial charge on any atom is -0.392 e. The fraction of sp³-hybridized carbons (Fsp3) is 0.952. The second-order valence-corrected chi connectivity index (χ2v) is 11.0. The molecule has 0 radical (unpaired) electrons. The van der Waals surface area contributed by atoms with Crippen LogP contribution in [-0.2, 0) is 14.3 Å². The summed E-state index contributed by atoms with van der Waals surface area (Å²) in [6.45, 7) is 6.02. The lowest BCUT2D eigenvalue weighted by molar-refractivity contribution is -0.458. The molecule has 0 amide bonds. The van der Waals surface area contributed by atoms with Crippen LogP contribution in [0.2, 0.25) is 0 Å². The van der Waals surface area contributed by atoms with Gasteiger partial charge in [0.15, 0.2) is 11.4 Å². The van der Waals surface area contributed by atoms with Gasteiger partial charge in [-0.15, -0.1) is 0 Å². The number of aliphatic hydroxyl groups excluding tert-OH is 3. The Bertz CT molecular complexity index is 783. The Balaban J connectivity index is 1.63. The molecule has 3 spiro atoms. The smallest absolute Gasteiger partial charge is 0.208 e. The first-order valence-electron chi connectivity index (χ1n) is 10.7. The topological polar surface area (TPSA) is 120 Å². The third-order valence-corrected chi connectivity index (χ3v) is 9.97. The van der Waals surface area contributed by atoms with E-state index in [-0.39, 0.29) is 23.9 Å². The predicted molar refractivity (Wildman–Crippen MR) is 94.8 cm³/mol. The van der Waals surface area contributed by atoms with Crippen molar-refractivity contribution in [2.45, 2.75) is 82.3 Å². The van der Waals surface area contributed by atoms with Crippen molar-refractivity contribution < 1.29 is 34.7 Å². The molecule has 0 aromatic heterocycles. The summed E-state index contributed by atoms with van der Waals surface area (Å²) in [5.74, 6) is -3.76. The van der Waals surface area contributed by atoms with Gasteiger partial charge in [-0.25, -0.2) is 0 Å². The van der Waals surface area contributed by atoms with Crippen LogP contribution in [0.15, 0.2) is 0 Å². The molecule has 7 rings (SSSR count). The molecule has 4 N–H and O–H groups in total. The van der Waals surface area contributed by atoms with Gasteiger partial charge in [-0.2, -0.15) is 0 Å². The van der Waals surface area contributed by atoms with Crippen molar-refractivity contribution in [1.29, 1.82) is 0 Å². The normalized spacial score (nSPS) is 66.0. The number of rotatable bonds is 0. The Kier molecular flexibility index (Phi) is 3.05. The molecule has 4 aliphatic carbocycles. The predicted octanol–water partition coefficient (Wildman–Crippen LogP) is -0.0231. The third-order valence-electron chi connectivity index (χ3n) is 9.97. The zero-order valence-electron chi connectivity index (χ0n) is 16.6. The Morgan fingerprint density at radius 3 is 2.39 bits per heavy atom. The lowest BCUT2D eigenvalue weighted by atomic mass is 9.35. The van der Waals surface area contributed by atoms with Crippen LogP contribution >= 0.6 is 0 Å². The van der Waals surface area contributed by atoms with E-state index in [1.165, 1.54) is 0 Å². The van der Waals surface area contributed by atoms with E-state index in [2.05, 4.69) is 13.8 Å². The highest BCUT2D eigenvalue weighted by atomic mass is 16.7. The van der Waals surface area contributed by atoms with E-state index >= 15 is 0 Å². The minimum atomic E-state index is -2.16. The van der Waals surface area contributed by atoms with Gasteiger partial charge in [0.2, 0.25) is 5.79 Å². The molecule has 4 saturated carbocycles.